The van der Waals surface area contributed by atoms with Gasteiger partial charge < -0.3 is 11.2 Å². The first-order valence-electron chi connectivity index (χ1n) is 13.4. The number of halogens is 4. The molecule has 1 amide bonds. The molecular weight excluding hydrogens is 604 g/mol. The third-order valence-corrected chi connectivity index (χ3v) is 6.65. The number of amides is 1. The highest BCUT2D eigenvalue weighted by atomic mass is 19.3. The predicted molar refractivity (Wildman–Crippen MR) is 163 cm³/mol. The summed E-state index contributed by atoms with van der Waals surface area (Å²) in [4.78, 5) is 28.3. The lowest BCUT2D eigenvalue weighted by molar-refractivity contribution is -0.117. The summed E-state index contributed by atoms with van der Waals surface area (Å²) in [6.07, 6.45) is 4.92. The Balaban J connectivity index is 1.80. The molecule has 0 aliphatic heterocycles. The number of nitrogens with zero attached hydrogens (tertiary/aromatic N) is 5. The number of nitroso groups, excluding NO2 is 1. The number of hydrazone groups is 1. The van der Waals surface area contributed by atoms with E-state index in [1.807, 2.05) is 6.07 Å². The molecule has 1 heterocycles. The van der Waals surface area contributed by atoms with Crippen LogP contribution >= 0.6 is 0 Å². The van der Waals surface area contributed by atoms with Gasteiger partial charge in [0.2, 0.25) is 11.4 Å². The zero-order chi connectivity index (χ0) is 33.9. The Bertz CT molecular complexity index is 1770. The summed E-state index contributed by atoms with van der Waals surface area (Å²) < 4.78 is 60.4. The van der Waals surface area contributed by atoms with Crippen LogP contribution in [0.4, 0.5) is 17.6 Å². The van der Waals surface area contributed by atoms with Gasteiger partial charge >= 0.3 is 5.92 Å². The number of allylic oxidation sites excluding steroid dienone is 3. The average Bonchev–Trinajstić information content (AvgIpc) is 3.04. The molecule has 1 atom stereocenters. The molecule has 0 aliphatic rings. The number of nitrogens with one attached hydrogen (secondary N) is 1. The number of rotatable bonds is 11. The SMILES string of the molecule is C/C(C#Cc1ccc(C(F)(F)C(CN(N)/C=N\N)(N=O)c2ccc(F)cc2F)nc1)=C\C=C(/C)C(=O)NCc1ccc(C#N)cc1. The third-order valence-electron chi connectivity index (χ3n) is 6.65. The Labute approximate surface area is 262 Å². The molecule has 5 N–H and O–H groups in total. The van der Waals surface area contributed by atoms with E-state index in [-0.39, 0.29) is 18.0 Å². The summed E-state index contributed by atoms with van der Waals surface area (Å²) in [5.74, 6) is 9.15. The maximum absolute atomic E-state index is 16.0. The van der Waals surface area contributed by atoms with Crippen LogP contribution in [0.3, 0.4) is 0 Å². The van der Waals surface area contributed by atoms with Gasteiger partial charge in [-0.15, -0.1) is 4.91 Å². The van der Waals surface area contributed by atoms with Crippen LogP contribution in [0, 0.1) is 39.7 Å². The van der Waals surface area contributed by atoms with E-state index >= 15 is 8.78 Å². The highest BCUT2D eigenvalue weighted by molar-refractivity contribution is 5.93. The Morgan fingerprint density at radius 3 is 2.37 bits per heavy atom. The smallest absolute Gasteiger partial charge is 0.323 e. The molecule has 3 rings (SSSR count). The molecule has 0 bridgehead atoms. The van der Waals surface area contributed by atoms with E-state index in [0.29, 0.717) is 39.9 Å². The minimum atomic E-state index is -4.27. The molecule has 0 radical (unpaired) electrons. The zero-order valence-corrected chi connectivity index (χ0v) is 24.6. The summed E-state index contributed by atoms with van der Waals surface area (Å²) in [5.41, 5.74) is -2.59. The summed E-state index contributed by atoms with van der Waals surface area (Å²) >= 11 is 0. The van der Waals surface area contributed by atoms with Crippen LogP contribution in [0.2, 0.25) is 0 Å². The van der Waals surface area contributed by atoms with E-state index in [2.05, 4.69) is 32.4 Å². The Morgan fingerprint density at radius 1 is 1.09 bits per heavy atom. The number of hydrazine groups is 1. The van der Waals surface area contributed by atoms with Gasteiger partial charge in [-0.25, -0.2) is 14.6 Å². The van der Waals surface area contributed by atoms with Crippen molar-refractivity contribution >= 4 is 12.2 Å². The van der Waals surface area contributed by atoms with E-state index < -0.39 is 40.9 Å². The zero-order valence-electron chi connectivity index (χ0n) is 24.6. The van der Waals surface area contributed by atoms with Gasteiger partial charge in [-0.1, -0.05) is 42.2 Å². The van der Waals surface area contributed by atoms with Crippen LogP contribution in [-0.2, 0) is 22.8 Å². The molecule has 0 aliphatic carbocycles. The Morgan fingerprint density at radius 2 is 1.78 bits per heavy atom. The third kappa shape index (κ3) is 8.19. The molecule has 2 aromatic carbocycles. The molecule has 14 heteroatoms. The molecule has 1 aromatic heterocycles. The number of carbonyl (C=O) groups excluding carboxylic acids is 1. The fourth-order valence-corrected chi connectivity index (χ4v) is 4.13. The number of nitrogens with two attached hydrogens (primary N) is 2. The predicted octanol–water partition coefficient (Wildman–Crippen LogP) is 4.62. The number of pyridine rings is 1. The Hall–Kier alpha value is -5.86. The lowest BCUT2D eigenvalue weighted by atomic mass is 9.81. The standard InChI is InChI=1S/C32H28F4N8O2/c1-21(3-5-22(2)30(45)41-18-25-9-7-23(16-37)8-10-25)4-6-24-11-14-29(40-17-24)32(35,36)31(43-46,19-44(39)20-42-38)27-13-12-26(33)15-28(27)34/h3,5,7-15,17,20H,18-19,38-39H2,1-2H3,(H,41,45)/b21-3+,22-5+,42-20-. The molecule has 0 saturated carbocycles. The molecule has 236 valence electrons. The van der Waals surface area contributed by atoms with Crippen LogP contribution in [0.25, 0.3) is 0 Å². The Kier molecular flexibility index (Phi) is 11.5. The topological polar surface area (TPSA) is 163 Å². The molecule has 0 spiro atoms. The lowest BCUT2D eigenvalue weighted by Gasteiger charge is -2.36. The van der Waals surface area contributed by atoms with E-state index in [9.17, 15) is 18.5 Å². The van der Waals surface area contributed by atoms with Crippen LogP contribution in [-0.4, -0.2) is 28.8 Å². The van der Waals surface area contributed by atoms with Crippen molar-refractivity contribution in [1.29, 1.82) is 5.26 Å². The summed E-state index contributed by atoms with van der Waals surface area (Å²) in [6, 6.07) is 12.7. The number of carbonyl (C=O) groups is 1. The summed E-state index contributed by atoms with van der Waals surface area (Å²) in [6.45, 7) is 2.47. The fraction of sp³-hybridized carbons (Fsp3) is 0.188. The largest absolute Gasteiger partial charge is 0.348 e. The van der Waals surface area contributed by atoms with Crippen LogP contribution in [0.1, 0.15) is 41.8 Å². The van der Waals surface area contributed by atoms with Gasteiger partial charge in [-0.2, -0.15) is 19.1 Å². The van der Waals surface area contributed by atoms with Gasteiger partial charge in [0.1, 0.15) is 23.7 Å². The van der Waals surface area contributed by atoms with Crippen molar-refractivity contribution in [3.05, 3.63) is 129 Å². The number of hydrogen-bond donors (Lipinski definition) is 3. The molecule has 3 aromatic rings. The van der Waals surface area contributed by atoms with Crippen LogP contribution < -0.4 is 17.0 Å². The maximum Gasteiger partial charge on any atom is 0.323 e. The van der Waals surface area contributed by atoms with E-state index in [0.717, 1.165) is 24.2 Å². The fourth-order valence-electron chi connectivity index (χ4n) is 4.13. The highest BCUT2D eigenvalue weighted by Gasteiger charge is 2.61. The first-order chi connectivity index (χ1) is 21.9. The first kappa shape index (κ1) is 34.6. The van der Waals surface area contributed by atoms with Gasteiger partial charge in [0.05, 0.1) is 18.2 Å². The van der Waals surface area contributed by atoms with Crippen LogP contribution in [0.5, 0.6) is 0 Å². The van der Waals surface area contributed by atoms with Gasteiger partial charge in [-0.05, 0) is 60.5 Å². The molecule has 10 nitrogen and oxygen atoms in total. The normalized spacial score (nSPS) is 13.3. The van der Waals surface area contributed by atoms with Crippen LogP contribution in [0.15, 0.2) is 94.4 Å². The number of hydrogen-bond acceptors (Lipinski definition) is 8. The van der Waals surface area contributed by atoms with E-state index in [1.54, 1.807) is 50.3 Å². The minimum Gasteiger partial charge on any atom is -0.348 e. The van der Waals surface area contributed by atoms with Gasteiger partial charge in [0.15, 0.2) is 0 Å². The van der Waals surface area contributed by atoms with Crippen molar-refractivity contribution in [3.8, 4) is 17.9 Å². The van der Waals surface area contributed by atoms with Gasteiger partial charge in [-0.3, -0.25) is 14.8 Å². The second kappa shape index (κ2) is 15.2. The number of nitriles is 1. The molecule has 0 saturated heterocycles. The first-order valence-corrected chi connectivity index (χ1v) is 13.4. The molecular formula is C32H28F4N8O2. The monoisotopic (exact) mass is 632 g/mol. The van der Waals surface area contributed by atoms with Gasteiger partial charge in [0, 0.05) is 35.5 Å². The van der Waals surface area contributed by atoms with E-state index in [4.69, 9.17) is 16.9 Å². The van der Waals surface area contributed by atoms with Crippen molar-refractivity contribution in [2.75, 3.05) is 6.54 Å². The second-order valence-electron chi connectivity index (χ2n) is 9.96. The van der Waals surface area contributed by atoms with Gasteiger partial charge in [0.25, 0.3) is 0 Å². The maximum atomic E-state index is 16.0. The second-order valence-corrected chi connectivity index (χ2v) is 9.96. The number of aromatic nitrogens is 1. The quantitative estimate of drug-likeness (QED) is 0.0320. The van der Waals surface area contributed by atoms with Crippen molar-refractivity contribution < 1.29 is 22.4 Å². The van der Waals surface area contributed by atoms with Crippen molar-refractivity contribution in [2.24, 2.45) is 22.0 Å². The summed E-state index contributed by atoms with van der Waals surface area (Å²) in [5, 5.41) is 17.9. The number of benzene rings is 2. The van der Waals surface area contributed by atoms with Crippen molar-refractivity contribution in [3.63, 3.8) is 0 Å². The lowest BCUT2D eigenvalue weighted by Crippen LogP contribution is -2.52. The average molecular weight is 633 g/mol. The molecule has 46 heavy (non-hydrogen) atoms. The molecule has 0 fully saturated rings. The van der Waals surface area contributed by atoms with Crippen molar-refractivity contribution in [2.45, 2.75) is 31.9 Å². The number of alkyl halides is 2. The highest BCUT2D eigenvalue weighted by Crippen LogP contribution is 2.48. The van der Waals surface area contributed by atoms with Crippen molar-refractivity contribution in [1.82, 2.24) is 15.3 Å². The van der Waals surface area contributed by atoms with E-state index in [1.165, 1.54) is 6.07 Å². The molecule has 1 unspecified atom stereocenters. The minimum absolute atomic E-state index is 0.224. The summed E-state index contributed by atoms with van der Waals surface area (Å²) in [7, 11) is 0.